The molecule has 0 bridgehead atoms. The molecule has 1 N–H and O–H groups in total. The van der Waals surface area contributed by atoms with Crippen molar-refractivity contribution in [1.82, 2.24) is 0 Å². The molecule has 0 saturated carbocycles. The second kappa shape index (κ2) is 4.87. The van der Waals surface area contributed by atoms with Crippen LogP contribution in [-0.4, -0.2) is 29.1 Å². The lowest BCUT2D eigenvalue weighted by atomic mass is 9.99. The summed E-state index contributed by atoms with van der Waals surface area (Å²) in [5.41, 5.74) is 1.38. The van der Waals surface area contributed by atoms with Crippen molar-refractivity contribution in [3.05, 3.63) is 33.9 Å². The topological polar surface area (TPSA) is 83.7 Å². The quantitative estimate of drug-likeness (QED) is 0.667. The molecule has 0 aliphatic carbocycles. The van der Waals surface area contributed by atoms with E-state index in [9.17, 15) is 14.9 Å². The van der Waals surface area contributed by atoms with Crippen LogP contribution in [-0.2, 0) is 4.79 Å². The zero-order valence-electron chi connectivity index (χ0n) is 10.9. The van der Waals surface area contributed by atoms with Gasteiger partial charge in [0.05, 0.1) is 10.8 Å². The van der Waals surface area contributed by atoms with Crippen molar-refractivity contribution in [2.75, 3.05) is 18.0 Å². The smallest absolute Gasteiger partial charge is 0.308 e. The Balaban J connectivity index is 2.39. The van der Waals surface area contributed by atoms with E-state index in [0.29, 0.717) is 18.8 Å². The van der Waals surface area contributed by atoms with Gasteiger partial charge in [-0.05, 0) is 18.4 Å². The van der Waals surface area contributed by atoms with Crippen LogP contribution in [0.25, 0.3) is 0 Å². The van der Waals surface area contributed by atoms with E-state index in [1.54, 1.807) is 19.1 Å². The molecule has 6 nitrogen and oxygen atoms in total. The fourth-order valence-corrected chi connectivity index (χ4v) is 2.67. The van der Waals surface area contributed by atoms with Crippen LogP contribution in [0.3, 0.4) is 0 Å². The summed E-state index contributed by atoms with van der Waals surface area (Å²) in [7, 11) is 0. The van der Waals surface area contributed by atoms with Crippen molar-refractivity contribution < 1.29 is 14.8 Å². The molecule has 0 unspecified atom stereocenters. The van der Waals surface area contributed by atoms with E-state index < -0.39 is 16.8 Å². The standard InChI is InChI=1S/C13H16N2O4/c1-8-4-3-5-11(15(18)19)12(8)14-6-9(2)10(7-14)13(16)17/h3-5,9-10H,6-7H2,1-2H3,(H,16,17)/t9-,10-/m1/s1. The number of carboxylic acid groups (broad SMARTS) is 1. The fourth-order valence-electron chi connectivity index (χ4n) is 2.67. The number of anilines is 1. The Labute approximate surface area is 110 Å². The van der Waals surface area contributed by atoms with E-state index in [-0.39, 0.29) is 11.6 Å². The lowest BCUT2D eigenvalue weighted by molar-refractivity contribution is -0.384. The average Bonchev–Trinajstić information content (AvgIpc) is 2.70. The number of nitro benzene ring substituents is 1. The zero-order chi connectivity index (χ0) is 14.2. The molecule has 0 amide bonds. The van der Waals surface area contributed by atoms with Crippen LogP contribution in [0.1, 0.15) is 12.5 Å². The highest BCUT2D eigenvalue weighted by Crippen LogP contribution is 2.36. The van der Waals surface area contributed by atoms with Gasteiger partial charge in [-0.3, -0.25) is 14.9 Å². The van der Waals surface area contributed by atoms with Crippen LogP contribution >= 0.6 is 0 Å². The summed E-state index contributed by atoms with van der Waals surface area (Å²) in [5, 5.41) is 20.2. The summed E-state index contributed by atoms with van der Waals surface area (Å²) < 4.78 is 0. The minimum Gasteiger partial charge on any atom is -0.481 e. The number of aryl methyl sites for hydroxylation is 1. The van der Waals surface area contributed by atoms with Crippen molar-refractivity contribution in [3.8, 4) is 0 Å². The van der Waals surface area contributed by atoms with E-state index in [2.05, 4.69) is 0 Å². The van der Waals surface area contributed by atoms with Gasteiger partial charge in [-0.15, -0.1) is 0 Å². The number of para-hydroxylation sites is 1. The van der Waals surface area contributed by atoms with Gasteiger partial charge in [0.2, 0.25) is 0 Å². The van der Waals surface area contributed by atoms with Crippen molar-refractivity contribution >= 4 is 17.3 Å². The van der Waals surface area contributed by atoms with Crippen LogP contribution in [0.4, 0.5) is 11.4 Å². The predicted molar refractivity (Wildman–Crippen MR) is 70.3 cm³/mol. The lowest BCUT2D eigenvalue weighted by Gasteiger charge is -2.20. The first-order valence-corrected chi connectivity index (χ1v) is 6.13. The van der Waals surface area contributed by atoms with Gasteiger partial charge < -0.3 is 10.0 Å². The SMILES string of the molecule is Cc1cccc([N+](=O)[O-])c1N1C[C@@H](C)[C@H](C(=O)O)C1. The predicted octanol–water partition coefficient (Wildman–Crippen LogP) is 2.06. The summed E-state index contributed by atoms with van der Waals surface area (Å²) in [6, 6.07) is 4.91. The molecule has 0 spiro atoms. The fraction of sp³-hybridized carbons (Fsp3) is 0.462. The molecule has 1 saturated heterocycles. The van der Waals surface area contributed by atoms with Crippen LogP contribution < -0.4 is 4.90 Å². The van der Waals surface area contributed by atoms with Crippen molar-refractivity contribution in [2.45, 2.75) is 13.8 Å². The maximum absolute atomic E-state index is 11.1. The minimum absolute atomic E-state index is 0.0169. The number of nitro groups is 1. The number of carboxylic acids is 1. The molecule has 0 radical (unpaired) electrons. The van der Waals surface area contributed by atoms with E-state index in [1.807, 2.05) is 11.8 Å². The summed E-state index contributed by atoms with van der Waals surface area (Å²) in [6.07, 6.45) is 0. The Morgan fingerprint density at radius 1 is 1.47 bits per heavy atom. The van der Waals surface area contributed by atoms with Crippen molar-refractivity contribution in [1.29, 1.82) is 0 Å². The number of aliphatic carboxylic acids is 1. The molecular formula is C13H16N2O4. The van der Waals surface area contributed by atoms with Crippen molar-refractivity contribution in [3.63, 3.8) is 0 Å². The van der Waals surface area contributed by atoms with Gasteiger partial charge in [-0.1, -0.05) is 19.1 Å². The van der Waals surface area contributed by atoms with E-state index in [4.69, 9.17) is 5.11 Å². The van der Waals surface area contributed by atoms with Crippen LogP contribution in [0, 0.1) is 28.9 Å². The molecular weight excluding hydrogens is 248 g/mol. The Kier molecular flexibility index (Phi) is 3.42. The second-order valence-electron chi connectivity index (χ2n) is 5.03. The van der Waals surface area contributed by atoms with E-state index >= 15 is 0 Å². The molecule has 6 heteroatoms. The molecule has 1 aromatic rings. The third-order valence-corrected chi connectivity index (χ3v) is 3.66. The number of benzene rings is 1. The largest absolute Gasteiger partial charge is 0.481 e. The van der Waals surface area contributed by atoms with Gasteiger partial charge in [0.15, 0.2) is 0 Å². The number of hydrogen-bond donors (Lipinski definition) is 1. The van der Waals surface area contributed by atoms with Gasteiger partial charge in [0.25, 0.3) is 5.69 Å². The minimum atomic E-state index is -0.841. The van der Waals surface area contributed by atoms with E-state index in [1.165, 1.54) is 6.07 Å². The first-order valence-electron chi connectivity index (χ1n) is 6.13. The molecule has 1 aliphatic heterocycles. The second-order valence-corrected chi connectivity index (χ2v) is 5.03. The van der Waals surface area contributed by atoms with Gasteiger partial charge in [-0.25, -0.2) is 0 Å². The maximum Gasteiger partial charge on any atom is 0.308 e. The summed E-state index contributed by atoms with van der Waals surface area (Å²) >= 11 is 0. The summed E-state index contributed by atoms with van der Waals surface area (Å²) in [4.78, 5) is 23.6. The normalized spacial score (nSPS) is 22.5. The third-order valence-electron chi connectivity index (χ3n) is 3.66. The Morgan fingerprint density at radius 3 is 2.68 bits per heavy atom. The third kappa shape index (κ3) is 2.38. The maximum atomic E-state index is 11.1. The first-order chi connectivity index (χ1) is 8.91. The number of nitrogens with zero attached hydrogens (tertiary/aromatic N) is 2. The lowest BCUT2D eigenvalue weighted by Crippen LogP contribution is -2.24. The highest BCUT2D eigenvalue weighted by molar-refractivity contribution is 5.75. The van der Waals surface area contributed by atoms with Crippen LogP contribution in [0.15, 0.2) is 18.2 Å². The van der Waals surface area contributed by atoms with Crippen molar-refractivity contribution in [2.24, 2.45) is 11.8 Å². The monoisotopic (exact) mass is 264 g/mol. The Hall–Kier alpha value is -2.11. The summed E-state index contributed by atoms with van der Waals surface area (Å²) in [5.74, 6) is -1.33. The highest BCUT2D eigenvalue weighted by Gasteiger charge is 2.37. The molecule has 2 atom stereocenters. The molecule has 102 valence electrons. The molecule has 1 aromatic carbocycles. The van der Waals surface area contributed by atoms with Gasteiger partial charge in [0, 0.05) is 19.2 Å². The number of hydrogen-bond acceptors (Lipinski definition) is 4. The summed E-state index contributed by atoms with van der Waals surface area (Å²) in [6.45, 7) is 4.52. The number of carbonyl (C=O) groups is 1. The number of rotatable bonds is 3. The van der Waals surface area contributed by atoms with Crippen LogP contribution in [0.5, 0.6) is 0 Å². The Morgan fingerprint density at radius 2 is 2.16 bits per heavy atom. The molecule has 0 aromatic heterocycles. The van der Waals surface area contributed by atoms with Gasteiger partial charge >= 0.3 is 5.97 Å². The van der Waals surface area contributed by atoms with Crippen LogP contribution in [0.2, 0.25) is 0 Å². The van der Waals surface area contributed by atoms with Gasteiger partial charge in [-0.2, -0.15) is 0 Å². The zero-order valence-corrected chi connectivity index (χ0v) is 10.9. The average molecular weight is 264 g/mol. The first kappa shape index (κ1) is 13.3. The van der Waals surface area contributed by atoms with Gasteiger partial charge in [0.1, 0.15) is 5.69 Å². The molecule has 1 aliphatic rings. The highest BCUT2D eigenvalue weighted by atomic mass is 16.6. The Bertz CT molecular complexity index is 529. The molecule has 1 heterocycles. The molecule has 19 heavy (non-hydrogen) atoms. The molecule has 1 fully saturated rings. The van der Waals surface area contributed by atoms with E-state index in [0.717, 1.165) is 5.56 Å². The molecule has 2 rings (SSSR count).